The number of hydrogen-bond donors (Lipinski definition) is 1. The van der Waals surface area contributed by atoms with E-state index in [4.69, 9.17) is 0 Å². The average Bonchev–Trinajstić information content (AvgIpc) is 2.61. The molecule has 0 aliphatic rings. The number of fused-ring (bicyclic) bond motifs is 1. The van der Waals surface area contributed by atoms with Crippen LogP contribution in [0.5, 0.6) is 0 Å². The summed E-state index contributed by atoms with van der Waals surface area (Å²) < 4.78 is 27.7. The average molecular weight is 342 g/mol. The maximum absolute atomic E-state index is 13.8. The molecule has 4 nitrogen and oxygen atoms in total. The second-order valence-corrected chi connectivity index (χ2v) is 5.62. The summed E-state index contributed by atoms with van der Waals surface area (Å²) >= 11 is 0. The Hall–Kier alpha value is -3.02. The fourth-order valence-electron chi connectivity index (χ4n) is 2.70. The number of hydrogen-bond acceptors (Lipinski definition) is 2. The van der Waals surface area contributed by atoms with Gasteiger partial charge in [0.05, 0.1) is 6.54 Å². The molecule has 0 aliphatic heterocycles. The second-order valence-electron chi connectivity index (χ2n) is 5.62. The molecule has 1 aromatic heterocycles. The number of rotatable bonds is 4. The van der Waals surface area contributed by atoms with Gasteiger partial charge in [0.1, 0.15) is 17.3 Å². The van der Waals surface area contributed by atoms with Crippen molar-refractivity contribution in [3.63, 3.8) is 0 Å². The van der Waals surface area contributed by atoms with Crippen molar-refractivity contribution in [3.8, 4) is 0 Å². The molecular weight excluding hydrogens is 326 g/mol. The van der Waals surface area contributed by atoms with Crippen molar-refractivity contribution in [1.82, 2.24) is 9.88 Å². The Morgan fingerprint density at radius 3 is 2.44 bits per heavy atom. The normalized spacial score (nSPS) is 10.8. The van der Waals surface area contributed by atoms with Crippen LogP contribution in [0, 0.1) is 11.6 Å². The lowest BCUT2D eigenvalue weighted by atomic mass is 10.1. The zero-order chi connectivity index (χ0) is 18.0. The van der Waals surface area contributed by atoms with E-state index in [2.05, 4.69) is 4.98 Å². The number of H-pyrrole nitrogens is 1. The third-order valence-corrected chi connectivity index (χ3v) is 4.06. The van der Waals surface area contributed by atoms with Crippen LogP contribution in [0.1, 0.15) is 23.0 Å². The molecule has 25 heavy (non-hydrogen) atoms. The van der Waals surface area contributed by atoms with Crippen LogP contribution in [0.25, 0.3) is 10.8 Å². The number of nitrogens with zero attached hydrogens (tertiary/aromatic N) is 1. The van der Waals surface area contributed by atoms with Gasteiger partial charge in [0.2, 0.25) is 0 Å². The van der Waals surface area contributed by atoms with Gasteiger partial charge in [0, 0.05) is 17.5 Å². The van der Waals surface area contributed by atoms with Gasteiger partial charge < -0.3 is 9.88 Å². The molecule has 1 heterocycles. The molecule has 128 valence electrons. The summed E-state index contributed by atoms with van der Waals surface area (Å²) in [5.41, 5.74) is -0.474. The number of aromatic nitrogens is 1. The van der Waals surface area contributed by atoms with E-state index < -0.39 is 17.5 Å². The Balaban J connectivity index is 1.97. The van der Waals surface area contributed by atoms with E-state index in [-0.39, 0.29) is 29.9 Å². The molecule has 0 aliphatic carbocycles. The second kappa shape index (κ2) is 6.84. The quantitative estimate of drug-likeness (QED) is 0.789. The predicted molar refractivity (Wildman–Crippen MR) is 91.3 cm³/mol. The van der Waals surface area contributed by atoms with Gasteiger partial charge in [-0.1, -0.05) is 24.3 Å². The number of carbonyl (C=O) groups is 1. The van der Waals surface area contributed by atoms with Gasteiger partial charge in [-0.05, 0) is 36.6 Å². The standard InChI is InChI=1S/C19H16F2N2O2/c1-2-23(11-14-15(20)8-5-9-16(14)21)19(25)17-10-12-6-3-4-7-13(12)18(24)22-17/h3-10H,2,11H2,1H3,(H,22,24). The number of aromatic amines is 1. The molecule has 3 aromatic rings. The minimum Gasteiger partial charge on any atom is -0.333 e. The van der Waals surface area contributed by atoms with Crippen LogP contribution in [0.2, 0.25) is 0 Å². The third kappa shape index (κ3) is 3.28. The lowest BCUT2D eigenvalue weighted by Crippen LogP contribution is -2.32. The maximum atomic E-state index is 13.8. The SMILES string of the molecule is CCN(Cc1c(F)cccc1F)C(=O)c1cc2ccccc2c(=O)[nH]1. The van der Waals surface area contributed by atoms with Crippen molar-refractivity contribution in [2.75, 3.05) is 6.54 Å². The van der Waals surface area contributed by atoms with Gasteiger partial charge in [-0.15, -0.1) is 0 Å². The maximum Gasteiger partial charge on any atom is 0.270 e. The molecule has 3 rings (SSSR count). The first-order valence-electron chi connectivity index (χ1n) is 7.85. The number of nitrogens with one attached hydrogen (secondary N) is 1. The molecule has 2 aromatic carbocycles. The van der Waals surface area contributed by atoms with Crippen LogP contribution in [0.3, 0.4) is 0 Å². The van der Waals surface area contributed by atoms with Crippen LogP contribution in [-0.4, -0.2) is 22.3 Å². The van der Waals surface area contributed by atoms with Gasteiger partial charge in [0.25, 0.3) is 11.5 Å². The van der Waals surface area contributed by atoms with E-state index in [1.807, 2.05) is 0 Å². The lowest BCUT2D eigenvalue weighted by molar-refractivity contribution is 0.0743. The molecule has 1 amide bonds. The van der Waals surface area contributed by atoms with E-state index in [1.54, 1.807) is 37.3 Å². The van der Waals surface area contributed by atoms with Gasteiger partial charge in [-0.2, -0.15) is 0 Å². The van der Waals surface area contributed by atoms with Crippen molar-refractivity contribution in [1.29, 1.82) is 0 Å². The summed E-state index contributed by atoms with van der Waals surface area (Å²) in [6.45, 7) is 1.72. The highest BCUT2D eigenvalue weighted by Gasteiger charge is 2.20. The van der Waals surface area contributed by atoms with Crippen LogP contribution in [0.15, 0.2) is 53.3 Å². The molecular formula is C19H16F2N2O2. The Bertz CT molecular complexity index is 978. The van der Waals surface area contributed by atoms with Crippen LogP contribution < -0.4 is 5.56 Å². The molecule has 0 bridgehead atoms. The van der Waals surface area contributed by atoms with E-state index in [0.29, 0.717) is 10.8 Å². The Labute approximate surface area is 142 Å². The van der Waals surface area contributed by atoms with E-state index >= 15 is 0 Å². The monoisotopic (exact) mass is 342 g/mol. The van der Waals surface area contributed by atoms with Gasteiger partial charge in [-0.3, -0.25) is 9.59 Å². The van der Waals surface area contributed by atoms with E-state index in [0.717, 1.165) is 12.1 Å². The Morgan fingerprint density at radius 2 is 1.76 bits per heavy atom. The molecule has 0 radical (unpaired) electrons. The van der Waals surface area contributed by atoms with Crippen LogP contribution in [-0.2, 0) is 6.54 Å². The van der Waals surface area contributed by atoms with Crippen molar-refractivity contribution < 1.29 is 13.6 Å². The molecule has 1 N–H and O–H groups in total. The van der Waals surface area contributed by atoms with Crippen molar-refractivity contribution in [2.45, 2.75) is 13.5 Å². The minimum absolute atomic E-state index is 0.0855. The summed E-state index contributed by atoms with van der Waals surface area (Å²) in [4.78, 5) is 28.7. The van der Waals surface area contributed by atoms with Gasteiger partial charge in [0.15, 0.2) is 0 Å². The number of benzene rings is 2. The van der Waals surface area contributed by atoms with Crippen molar-refractivity contribution >= 4 is 16.7 Å². The first kappa shape index (κ1) is 16.8. The number of halogens is 2. The largest absolute Gasteiger partial charge is 0.333 e. The Morgan fingerprint density at radius 1 is 1.08 bits per heavy atom. The smallest absolute Gasteiger partial charge is 0.270 e. The van der Waals surface area contributed by atoms with Crippen LogP contribution >= 0.6 is 0 Å². The molecule has 0 saturated heterocycles. The lowest BCUT2D eigenvalue weighted by Gasteiger charge is -2.21. The fraction of sp³-hybridized carbons (Fsp3) is 0.158. The first-order chi connectivity index (χ1) is 12.0. The molecule has 0 atom stereocenters. The highest BCUT2D eigenvalue weighted by molar-refractivity contribution is 5.96. The third-order valence-electron chi connectivity index (χ3n) is 4.06. The summed E-state index contributed by atoms with van der Waals surface area (Å²) in [7, 11) is 0. The van der Waals surface area contributed by atoms with E-state index in [9.17, 15) is 18.4 Å². The van der Waals surface area contributed by atoms with Gasteiger partial charge in [-0.25, -0.2) is 8.78 Å². The highest BCUT2D eigenvalue weighted by atomic mass is 19.1. The number of carbonyl (C=O) groups excluding carboxylic acids is 1. The molecule has 0 fully saturated rings. The number of amides is 1. The first-order valence-corrected chi connectivity index (χ1v) is 7.85. The number of pyridine rings is 1. The van der Waals surface area contributed by atoms with Crippen molar-refractivity contribution in [3.05, 3.63) is 81.8 Å². The fourth-order valence-corrected chi connectivity index (χ4v) is 2.70. The molecule has 0 unspecified atom stereocenters. The van der Waals surface area contributed by atoms with Gasteiger partial charge >= 0.3 is 0 Å². The molecule has 0 spiro atoms. The zero-order valence-corrected chi connectivity index (χ0v) is 13.6. The zero-order valence-electron chi connectivity index (χ0n) is 13.6. The predicted octanol–water partition coefficient (Wildman–Crippen LogP) is 3.47. The Kier molecular flexibility index (Phi) is 4.61. The summed E-state index contributed by atoms with van der Waals surface area (Å²) in [6, 6.07) is 12.0. The summed E-state index contributed by atoms with van der Waals surface area (Å²) in [5.74, 6) is -1.91. The molecule has 0 saturated carbocycles. The van der Waals surface area contributed by atoms with Crippen LogP contribution in [0.4, 0.5) is 8.78 Å². The summed E-state index contributed by atoms with van der Waals surface area (Å²) in [5, 5.41) is 1.10. The topological polar surface area (TPSA) is 53.2 Å². The minimum atomic E-state index is -0.710. The summed E-state index contributed by atoms with van der Waals surface area (Å²) in [6.07, 6.45) is 0. The highest BCUT2D eigenvalue weighted by Crippen LogP contribution is 2.17. The van der Waals surface area contributed by atoms with Crippen molar-refractivity contribution in [2.24, 2.45) is 0 Å². The van der Waals surface area contributed by atoms with E-state index in [1.165, 1.54) is 11.0 Å². The molecule has 6 heteroatoms.